The van der Waals surface area contributed by atoms with Gasteiger partial charge in [-0.05, 0) is 44.6 Å². The first-order valence-electron chi connectivity index (χ1n) is 11.9. The first kappa shape index (κ1) is 21.6. The maximum atomic E-state index is 5.16. The lowest BCUT2D eigenvalue weighted by molar-refractivity contribution is 0.177. The SMILES string of the molecule is CN=C(NCC1CCCN1CC1CCCCC1)NC1CCc2nc(COC)nn2C1. The van der Waals surface area contributed by atoms with E-state index in [4.69, 9.17) is 4.74 Å². The molecule has 0 aromatic carbocycles. The van der Waals surface area contributed by atoms with Crippen LogP contribution < -0.4 is 10.6 Å². The van der Waals surface area contributed by atoms with Crippen molar-refractivity contribution in [2.24, 2.45) is 10.9 Å². The van der Waals surface area contributed by atoms with E-state index in [-0.39, 0.29) is 0 Å². The van der Waals surface area contributed by atoms with E-state index in [2.05, 4.69) is 30.6 Å². The van der Waals surface area contributed by atoms with Crippen LogP contribution in [0.1, 0.15) is 63.0 Å². The van der Waals surface area contributed by atoms with Crippen molar-refractivity contribution in [3.8, 4) is 0 Å². The largest absolute Gasteiger partial charge is 0.377 e. The normalized spacial score (nSPS) is 26.0. The van der Waals surface area contributed by atoms with Crippen molar-refractivity contribution in [2.75, 3.05) is 33.8 Å². The first-order chi connectivity index (χ1) is 14.7. The van der Waals surface area contributed by atoms with Crippen molar-refractivity contribution in [3.05, 3.63) is 11.6 Å². The third-order valence-electron chi connectivity index (χ3n) is 6.96. The van der Waals surface area contributed by atoms with Gasteiger partial charge in [0, 0.05) is 45.8 Å². The summed E-state index contributed by atoms with van der Waals surface area (Å²) in [5.41, 5.74) is 0. The third-order valence-corrected chi connectivity index (χ3v) is 6.96. The average molecular weight is 418 g/mol. The Morgan fingerprint density at radius 2 is 2.03 bits per heavy atom. The number of nitrogens with zero attached hydrogens (tertiary/aromatic N) is 5. The van der Waals surface area contributed by atoms with Crippen molar-refractivity contribution in [1.82, 2.24) is 30.3 Å². The zero-order valence-corrected chi connectivity index (χ0v) is 18.8. The molecule has 1 aromatic rings. The number of hydrogen-bond acceptors (Lipinski definition) is 5. The number of guanidine groups is 1. The van der Waals surface area contributed by atoms with Crippen LogP contribution >= 0.6 is 0 Å². The maximum Gasteiger partial charge on any atom is 0.191 e. The summed E-state index contributed by atoms with van der Waals surface area (Å²) < 4.78 is 7.18. The summed E-state index contributed by atoms with van der Waals surface area (Å²) in [7, 11) is 3.55. The molecule has 0 spiro atoms. The maximum absolute atomic E-state index is 5.16. The lowest BCUT2D eigenvalue weighted by Crippen LogP contribution is -2.50. The lowest BCUT2D eigenvalue weighted by atomic mass is 9.89. The van der Waals surface area contributed by atoms with Crippen LogP contribution in [0.25, 0.3) is 0 Å². The average Bonchev–Trinajstić information content (AvgIpc) is 3.38. The second-order valence-corrected chi connectivity index (χ2v) is 9.19. The molecule has 8 heteroatoms. The molecule has 2 fully saturated rings. The predicted octanol–water partition coefficient (Wildman–Crippen LogP) is 1.95. The monoisotopic (exact) mass is 417 g/mol. The van der Waals surface area contributed by atoms with E-state index < -0.39 is 0 Å². The smallest absolute Gasteiger partial charge is 0.191 e. The topological polar surface area (TPSA) is 79.6 Å². The number of likely N-dealkylation sites (tertiary alicyclic amines) is 1. The zero-order valence-electron chi connectivity index (χ0n) is 18.8. The molecule has 1 aromatic heterocycles. The van der Waals surface area contributed by atoms with Crippen LogP contribution in [0, 0.1) is 5.92 Å². The molecule has 0 bridgehead atoms. The molecule has 2 aliphatic heterocycles. The lowest BCUT2D eigenvalue weighted by Gasteiger charge is -2.31. The van der Waals surface area contributed by atoms with Crippen LogP contribution in [0.5, 0.6) is 0 Å². The fourth-order valence-corrected chi connectivity index (χ4v) is 5.34. The van der Waals surface area contributed by atoms with E-state index in [0.717, 1.165) is 49.5 Å². The third kappa shape index (κ3) is 5.52. The Labute approximate surface area is 180 Å². The molecule has 1 saturated carbocycles. The Morgan fingerprint density at radius 3 is 2.83 bits per heavy atom. The molecule has 2 N–H and O–H groups in total. The van der Waals surface area contributed by atoms with Crippen molar-refractivity contribution >= 4 is 5.96 Å². The molecule has 0 radical (unpaired) electrons. The van der Waals surface area contributed by atoms with Gasteiger partial charge in [0.05, 0.1) is 6.54 Å². The number of hydrogen-bond donors (Lipinski definition) is 2. The van der Waals surface area contributed by atoms with Crippen LogP contribution in [0.4, 0.5) is 0 Å². The Hall–Kier alpha value is -1.67. The predicted molar refractivity (Wildman–Crippen MR) is 119 cm³/mol. The van der Waals surface area contributed by atoms with Gasteiger partial charge in [0.25, 0.3) is 0 Å². The van der Waals surface area contributed by atoms with Crippen LogP contribution in [0.2, 0.25) is 0 Å². The van der Waals surface area contributed by atoms with Gasteiger partial charge in [-0.2, -0.15) is 5.10 Å². The number of ether oxygens (including phenoxy) is 1. The highest BCUT2D eigenvalue weighted by molar-refractivity contribution is 5.80. The summed E-state index contributed by atoms with van der Waals surface area (Å²) in [4.78, 5) is 11.8. The minimum atomic E-state index is 0.322. The highest BCUT2D eigenvalue weighted by Crippen LogP contribution is 2.27. The molecular formula is C22H39N7O. The van der Waals surface area contributed by atoms with Gasteiger partial charge in [0.2, 0.25) is 0 Å². The summed E-state index contributed by atoms with van der Waals surface area (Å²) in [6, 6.07) is 0.957. The van der Waals surface area contributed by atoms with E-state index >= 15 is 0 Å². The number of aliphatic imine (C=N–C) groups is 1. The van der Waals surface area contributed by atoms with Crippen molar-refractivity contribution in [3.63, 3.8) is 0 Å². The van der Waals surface area contributed by atoms with Gasteiger partial charge in [-0.3, -0.25) is 9.89 Å². The second kappa shape index (κ2) is 10.6. The summed E-state index contributed by atoms with van der Waals surface area (Å²) in [6.07, 6.45) is 11.8. The van der Waals surface area contributed by atoms with Crippen LogP contribution in [0.3, 0.4) is 0 Å². The molecule has 168 valence electrons. The van der Waals surface area contributed by atoms with Crippen LogP contribution in [0.15, 0.2) is 4.99 Å². The van der Waals surface area contributed by atoms with Gasteiger partial charge < -0.3 is 15.4 Å². The molecule has 3 aliphatic rings. The molecule has 2 atom stereocenters. The Kier molecular flexibility index (Phi) is 7.60. The Morgan fingerprint density at radius 1 is 1.17 bits per heavy atom. The minimum Gasteiger partial charge on any atom is -0.377 e. The summed E-state index contributed by atoms with van der Waals surface area (Å²) in [6.45, 7) is 4.83. The highest BCUT2D eigenvalue weighted by Gasteiger charge is 2.28. The number of nitrogens with one attached hydrogen (secondary N) is 2. The van der Waals surface area contributed by atoms with Gasteiger partial charge in [-0.25, -0.2) is 9.67 Å². The van der Waals surface area contributed by atoms with Gasteiger partial charge in [0.1, 0.15) is 12.4 Å². The molecule has 2 unspecified atom stereocenters. The fraction of sp³-hybridized carbons (Fsp3) is 0.864. The van der Waals surface area contributed by atoms with Gasteiger partial charge >= 0.3 is 0 Å². The quantitative estimate of drug-likeness (QED) is 0.521. The first-order valence-corrected chi connectivity index (χ1v) is 11.9. The van der Waals surface area contributed by atoms with E-state index in [1.807, 2.05) is 11.7 Å². The van der Waals surface area contributed by atoms with Crippen molar-refractivity contribution in [2.45, 2.75) is 83.0 Å². The second-order valence-electron chi connectivity index (χ2n) is 9.19. The molecule has 0 amide bonds. The molecule has 1 saturated heterocycles. The highest BCUT2D eigenvalue weighted by atomic mass is 16.5. The van der Waals surface area contributed by atoms with E-state index in [0.29, 0.717) is 18.7 Å². The van der Waals surface area contributed by atoms with Crippen LogP contribution in [-0.4, -0.2) is 71.5 Å². The minimum absolute atomic E-state index is 0.322. The van der Waals surface area contributed by atoms with Crippen molar-refractivity contribution < 1.29 is 4.74 Å². The van der Waals surface area contributed by atoms with Gasteiger partial charge in [-0.15, -0.1) is 0 Å². The molecule has 1 aliphatic carbocycles. The van der Waals surface area contributed by atoms with E-state index in [1.165, 1.54) is 58.0 Å². The van der Waals surface area contributed by atoms with Gasteiger partial charge in [-0.1, -0.05) is 19.3 Å². The number of aryl methyl sites for hydroxylation is 1. The van der Waals surface area contributed by atoms with Crippen molar-refractivity contribution in [1.29, 1.82) is 0 Å². The molecule has 3 heterocycles. The van der Waals surface area contributed by atoms with E-state index in [1.54, 1.807) is 7.11 Å². The Balaban J connectivity index is 1.24. The molecule has 8 nitrogen and oxygen atoms in total. The Bertz CT molecular complexity index is 698. The number of fused-ring (bicyclic) bond motifs is 1. The number of methoxy groups -OCH3 is 1. The fourth-order valence-electron chi connectivity index (χ4n) is 5.34. The molecular weight excluding hydrogens is 378 g/mol. The number of rotatable bonds is 7. The summed E-state index contributed by atoms with van der Waals surface area (Å²) >= 11 is 0. The summed E-state index contributed by atoms with van der Waals surface area (Å²) in [5.74, 6) is 3.66. The number of aromatic nitrogens is 3. The summed E-state index contributed by atoms with van der Waals surface area (Å²) in [5, 5.41) is 11.8. The van der Waals surface area contributed by atoms with Gasteiger partial charge in [0.15, 0.2) is 11.8 Å². The zero-order chi connectivity index (χ0) is 20.8. The standard InChI is InChI=1S/C22H39N7O/c1-23-22(25-18-10-11-21-26-20(16-30-2)27-29(21)15-18)24-13-19-9-6-12-28(19)14-17-7-4-3-5-8-17/h17-19H,3-16H2,1-2H3,(H2,23,24,25). The molecule has 30 heavy (non-hydrogen) atoms. The van der Waals surface area contributed by atoms with Crippen LogP contribution in [-0.2, 0) is 24.3 Å². The van der Waals surface area contributed by atoms with E-state index in [9.17, 15) is 0 Å². The molecule has 4 rings (SSSR count).